The van der Waals surface area contributed by atoms with Gasteiger partial charge in [-0.2, -0.15) is 0 Å². The number of ketones is 2. The average molecular weight is 450 g/mol. The summed E-state index contributed by atoms with van der Waals surface area (Å²) < 4.78 is 0.637. The van der Waals surface area contributed by atoms with Crippen LogP contribution in [0.15, 0.2) is 33.5 Å². The van der Waals surface area contributed by atoms with E-state index in [-0.39, 0.29) is 36.1 Å². The van der Waals surface area contributed by atoms with Gasteiger partial charge in [-0.25, -0.2) is 0 Å². The predicted octanol–water partition coefficient (Wildman–Crippen LogP) is 1.19. The van der Waals surface area contributed by atoms with Gasteiger partial charge in [-0.05, 0) is 36.5 Å². The second-order valence-electron chi connectivity index (χ2n) is 7.33. The standard InChI is InChI=1S/C19H16BrNO7/c20-9-1-2-10(22)13-8(9)4-6-3-7-5-11(23)14(18(21)27)17(26)19(7,28)16(25)12(6)15(13)24/h1-2,6-7,22,24,26,28H,3-5H2,(H2,21,27)/t6-,7+,19+/m1/s1. The van der Waals surface area contributed by atoms with Gasteiger partial charge >= 0.3 is 0 Å². The van der Waals surface area contributed by atoms with E-state index in [1.165, 1.54) is 6.07 Å². The van der Waals surface area contributed by atoms with Crippen LogP contribution in [0, 0.1) is 11.8 Å². The van der Waals surface area contributed by atoms with Crippen LogP contribution in [-0.4, -0.2) is 43.5 Å². The summed E-state index contributed by atoms with van der Waals surface area (Å²) in [5, 5.41) is 42.4. The molecular weight excluding hydrogens is 434 g/mol. The highest BCUT2D eigenvalue weighted by Gasteiger charge is 2.60. The molecule has 0 aliphatic heterocycles. The van der Waals surface area contributed by atoms with Gasteiger partial charge in [0.05, 0.1) is 5.56 Å². The molecule has 3 aliphatic carbocycles. The SMILES string of the molecule is NC(=O)C1=C(O)[C@@]2(O)C(=O)C3=C(O)c4c(O)ccc(Br)c4C[C@H]3C[C@H]2CC1=O. The number of hydrogen-bond acceptors (Lipinski definition) is 7. The number of benzene rings is 1. The minimum atomic E-state index is -2.53. The highest BCUT2D eigenvalue weighted by Crippen LogP contribution is 2.52. The van der Waals surface area contributed by atoms with E-state index >= 15 is 0 Å². The van der Waals surface area contributed by atoms with E-state index in [9.17, 15) is 34.8 Å². The Balaban J connectivity index is 1.95. The summed E-state index contributed by atoms with van der Waals surface area (Å²) in [5.41, 5.74) is 2.33. The molecule has 1 amide bonds. The Morgan fingerprint density at radius 3 is 2.50 bits per heavy atom. The van der Waals surface area contributed by atoms with Gasteiger partial charge in [-0.1, -0.05) is 15.9 Å². The fourth-order valence-corrected chi connectivity index (χ4v) is 5.08. The number of carbonyl (C=O) groups is 3. The Labute approximate surface area is 167 Å². The van der Waals surface area contributed by atoms with Crippen molar-refractivity contribution in [1.29, 1.82) is 0 Å². The molecule has 3 atom stereocenters. The number of primary amides is 1. The van der Waals surface area contributed by atoms with Gasteiger partial charge in [-0.15, -0.1) is 0 Å². The number of nitrogens with two attached hydrogens (primary N) is 1. The Hall–Kier alpha value is -2.65. The summed E-state index contributed by atoms with van der Waals surface area (Å²) in [6.07, 6.45) is 0.0670. The van der Waals surface area contributed by atoms with Crippen molar-refractivity contribution >= 4 is 39.2 Å². The van der Waals surface area contributed by atoms with E-state index in [1.807, 2.05) is 0 Å². The van der Waals surface area contributed by atoms with Crippen LogP contribution in [0.1, 0.15) is 24.0 Å². The van der Waals surface area contributed by atoms with Crippen molar-refractivity contribution in [2.75, 3.05) is 0 Å². The summed E-state index contributed by atoms with van der Waals surface area (Å²) in [7, 11) is 0. The van der Waals surface area contributed by atoms with E-state index in [0.717, 1.165) is 0 Å². The summed E-state index contributed by atoms with van der Waals surface area (Å²) in [6, 6.07) is 2.97. The molecule has 0 spiro atoms. The number of halogens is 1. The van der Waals surface area contributed by atoms with Crippen LogP contribution in [0.25, 0.3) is 5.76 Å². The maximum Gasteiger partial charge on any atom is 0.255 e. The van der Waals surface area contributed by atoms with Crippen LogP contribution < -0.4 is 5.73 Å². The molecule has 0 bridgehead atoms. The van der Waals surface area contributed by atoms with E-state index in [4.69, 9.17) is 5.73 Å². The van der Waals surface area contributed by atoms with Gasteiger partial charge in [0.25, 0.3) is 5.91 Å². The molecule has 1 saturated carbocycles. The van der Waals surface area contributed by atoms with Crippen molar-refractivity contribution in [3.63, 3.8) is 0 Å². The van der Waals surface area contributed by atoms with Crippen molar-refractivity contribution < 1.29 is 34.8 Å². The van der Waals surface area contributed by atoms with Crippen LogP contribution in [0.3, 0.4) is 0 Å². The van der Waals surface area contributed by atoms with Gasteiger partial charge in [-0.3, -0.25) is 14.4 Å². The summed E-state index contributed by atoms with van der Waals surface area (Å²) in [4.78, 5) is 37.0. The normalized spacial score (nSPS) is 29.4. The Bertz CT molecular complexity index is 1040. The smallest absolute Gasteiger partial charge is 0.255 e. The lowest BCUT2D eigenvalue weighted by Crippen LogP contribution is -2.58. The molecule has 8 nitrogen and oxygen atoms in total. The number of aliphatic hydroxyl groups is 3. The number of aliphatic hydroxyl groups excluding tert-OH is 2. The quantitative estimate of drug-likeness (QED) is 0.402. The van der Waals surface area contributed by atoms with E-state index in [0.29, 0.717) is 10.0 Å². The van der Waals surface area contributed by atoms with Crippen LogP contribution >= 0.6 is 15.9 Å². The fourth-order valence-electron chi connectivity index (χ4n) is 4.58. The van der Waals surface area contributed by atoms with E-state index < -0.39 is 52.0 Å². The number of amides is 1. The molecule has 146 valence electrons. The second-order valence-corrected chi connectivity index (χ2v) is 8.18. The van der Waals surface area contributed by atoms with Crippen molar-refractivity contribution in [3.8, 4) is 5.75 Å². The first-order chi connectivity index (χ1) is 13.1. The molecule has 1 aromatic rings. The lowest BCUT2D eigenvalue weighted by atomic mass is 9.59. The number of phenols is 1. The second kappa shape index (κ2) is 5.92. The number of phenolic OH excluding ortho intramolecular Hbond substituents is 1. The Kier molecular flexibility index (Phi) is 3.95. The van der Waals surface area contributed by atoms with Crippen molar-refractivity contribution in [3.05, 3.63) is 44.6 Å². The lowest BCUT2D eigenvalue weighted by molar-refractivity contribution is -0.147. The molecule has 28 heavy (non-hydrogen) atoms. The predicted molar refractivity (Wildman–Crippen MR) is 99.1 cm³/mol. The number of aromatic hydroxyl groups is 1. The molecule has 1 aromatic carbocycles. The molecule has 0 saturated heterocycles. The molecule has 3 aliphatic rings. The third-order valence-corrected chi connectivity index (χ3v) is 6.63. The fraction of sp³-hybridized carbons (Fsp3) is 0.316. The van der Waals surface area contributed by atoms with Crippen LogP contribution in [-0.2, 0) is 20.8 Å². The zero-order chi connectivity index (χ0) is 20.5. The monoisotopic (exact) mass is 449 g/mol. The van der Waals surface area contributed by atoms with Crippen LogP contribution in [0.5, 0.6) is 5.75 Å². The van der Waals surface area contributed by atoms with E-state index in [1.54, 1.807) is 6.07 Å². The van der Waals surface area contributed by atoms with Crippen LogP contribution in [0.2, 0.25) is 0 Å². The zero-order valence-electron chi connectivity index (χ0n) is 14.4. The van der Waals surface area contributed by atoms with Crippen molar-refractivity contribution in [1.82, 2.24) is 0 Å². The molecule has 0 heterocycles. The summed E-state index contributed by atoms with van der Waals surface area (Å²) >= 11 is 3.37. The maximum atomic E-state index is 13.2. The summed E-state index contributed by atoms with van der Waals surface area (Å²) in [6.45, 7) is 0. The largest absolute Gasteiger partial charge is 0.508 e. The minimum Gasteiger partial charge on any atom is -0.508 e. The minimum absolute atomic E-state index is 0.0708. The lowest BCUT2D eigenvalue weighted by Gasteiger charge is -2.46. The first-order valence-corrected chi connectivity index (χ1v) is 9.36. The highest BCUT2D eigenvalue weighted by molar-refractivity contribution is 9.10. The molecular formula is C19H16BrNO7. The van der Waals surface area contributed by atoms with Gasteiger partial charge in [0.2, 0.25) is 5.78 Å². The maximum absolute atomic E-state index is 13.2. The first kappa shape index (κ1) is 18.7. The Morgan fingerprint density at radius 1 is 1.18 bits per heavy atom. The summed E-state index contributed by atoms with van der Waals surface area (Å²) in [5.74, 6) is -6.27. The third-order valence-electron chi connectivity index (χ3n) is 5.89. The molecule has 6 N–H and O–H groups in total. The number of Topliss-reactive ketones (excluding diaryl/α,β-unsaturated/α-hetero) is 2. The molecule has 0 aromatic heterocycles. The van der Waals surface area contributed by atoms with Gasteiger partial charge in [0.1, 0.15) is 22.8 Å². The van der Waals surface area contributed by atoms with Crippen LogP contribution in [0.4, 0.5) is 0 Å². The zero-order valence-corrected chi connectivity index (χ0v) is 16.0. The number of rotatable bonds is 1. The van der Waals surface area contributed by atoms with Gasteiger partial charge in [0.15, 0.2) is 11.4 Å². The van der Waals surface area contributed by atoms with Gasteiger partial charge in [0, 0.05) is 22.4 Å². The topological polar surface area (TPSA) is 158 Å². The third kappa shape index (κ3) is 2.23. The van der Waals surface area contributed by atoms with Crippen molar-refractivity contribution in [2.45, 2.75) is 24.9 Å². The van der Waals surface area contributed by atoms with Crippen molar-refractivity contribution in [2.24, 2.45) is 17.6 Å². The van der Waals surface area contributed by atoms with Gasteiger partial charge < -0.3 is 26.2 Å². The molecule has 0 radical (unpaired) electrons. The Morgan fingerprint density at radius 2 is 1.86 bits per heavy atom. The number of fused-ring (bicyclic) bond motifs is 3. The van der Waals surface area contributed by atoms with E-state index in [2.05, 4.69) is 15.9 Å². The molecule has 4 rings (SSSR count). The number of hydrogen-bond donors (Lipinski definition) is 5. The number of carbonyl (C=O) groups excluding carboxylic acids is 3. The highest BCUT2D eigenvalue weighted by atomic mass is 79.9. The molecule has 9 heteroatoms. The molecule has 1 fully saturated rings. The molecule has 0 unspecified atom stereocenters. The first-order valence-electron chi connectivity index (χ1n) is 8.56. The average Bonchev–Trinajstić information content (AvgIpc) is 2.61.